The van der Waals surface area contributed by atoms with Crippen LogP contribution in [0.15, 0.2) is 65.8 Å². The van der Waals surface area contributed by atoms with Crippen LogP contribution in [0, 0.1) is 0 Å². The largest absolute Gasteiger partial charge is 0.297 e. The minimum atomic E-state index is 0.163. The van der Waals surface area contributed by atoms with Crippen molar-refractivity contribution in [3.8, 4) is 0 Å². The molecule has 0 spiro atoms. The van der Waals surface area contributed by atoms with Gasteiger partial charge in [0.05, 0.1) is 4.88 Å². The molecule has 0 saturated carbocycles. The average Bonchev–Trinajstić information content (AvgIpc) is 3.03. The van der Waals surface area contributed by atoms with E-state index in [-0.39, 0.29) is 5.78 Å². The summed E-state index contributed by atoms with van der Waals surface area (Å²) in [6.07, 6.45) is 8.48. The number of allylic oxidation sites excluding steroid dienone is 3. The molecule has 0 unspecified atom stereocenters. The highest BCUT2D eigenvalue weighted by Crippen LogP contribution is 2.39. The van der Waals surface area contributed by atoms with Gasteiger partial charge in [-0.1, -0.05) is 24.3 Å². The zero-order valence-electron chi connectivity index (χ0n) is 12.2. The number of nitrogens with zero attached hydrogens (tertiary/aromatic N) is 1. The lowest BCUT2D eigenvalue weighted by atomic mass is 9.91. The summed E-state index contributed by atoms with van der Waals surface area (Å²) in [7, 11) is 0. The summed E-state index contributed by atoms with van der Waals surface area (Å²) < 4.78 is 0. The Morgan fingerprint density at radius 3 is 2.61 bits per heavy atom. The van der Waals surface area contributed by atoms with E-state index in [1.807, 2.05) is 41.8 Å². The Hall–Kier alpha value is -2.72. The highest BCUT2D eigenvalue weighted by molar-refractivity contribution is 7.12. The molecule has 4 rings (SSSR count). The van der Waals surface area contributed by atoms with Gasteiger partial charge in [-0.3, -0.25) is 14.5 Å². The molecule has 2 aliphatic rings. The van der Waals surface area contributed by atoms with Gasteiger partial charge in [-0.05, 0) is 45.9 Å². The Morgan fingerprint density at radius 1 is 1.04 bits per heavy atom. The predicted molar refractivity (Wildman–Crippen MR) is 91.0 cm³/mol. The third-order valence-corrected chi connectivity index (χ3v) is 5.04. The van der Waals surface area contributed by atoms with Crippen LogP contribution in [0.3, 0.4) is 0 Å². The van der Waals surface area contributed by atoms with Gasteiger partial charge in [-0.25, -0.2) is 0 Å². The molecule has 112 valence electrons. The van der Waals surface area contributed by atoms with Crippen LogP contribution in [-0.4, -0.2) is 17.1 Å². The molecule has 0 radical (unpaired) electrons. The van der Waals surface area contributed by atoms with Crippen molar-refractivity contribution in [2.45, 2.75) is 6.42 Å². The van der Waals surface area contributed by atoms with Crippen molar-refractivity contribution in [2.24, 2.45) is 0 Å². The minimum Gasteiger partial charge on any atom is -0.297 e. The van der Waals surface area contributed by atoms with Crippen molar-refractivity contribution in [1.29, 1.82) is 0 Å². The molecule has 3 nitrogen and oxygen atoms in total. The normalized spacial score (nSPS) is 16.2. The zero-order chi connectivity index (χ0) is 15.8. The van der Waals surface area contributed by atoms with Gasteiger partial charge in [0.15, 0.2) is 5.78 Å². The summed E-state index contributed by atoms with van der Waals surface area (Å²) in [5.41, 5.74) is 5.17. The molecule has 4 heteroatoms. The van der Waals surface area contributed by atoms with E-state index in [0.717, 1.165) is 39.1 Å². The maximum Gasteiger partial charge on any atom is 0.217 e. The SMILES string of the molecule is O=CN1C=CC(=C2c3ccccc3CC(=O)c3sccc32)C=C1. The van der Waals surface area contributed by atoms with Crippen LogP contribution in [0.25, 0.3) is 5.57 Å². The molecule has 0 bridgehead atoms. The summed E-state index contributed by atoms with van der Waals surface area (Å²) >= 11 is 1.49. The van der Waals surface area contributed by atoms with Crippen LogP contribution in [0.1, 0.15) is 26.4 Å². The van der Waals surface area contributed by atoms with Gasteiger partial charge in [0.25, 0.3) is 0 Å². The minimum absolute atomic E-state index is 0.163. The molecule has 0 saturated heterocycles. The first-order valence-electron chi connectivity index (χ1n) is 7.30. The maximum atomic E-state index is 12.6. The Kier molecular flexibility index (Phi) is 3.32. The van der Waals surface area contributed by atoms with Crippen LogP contribution in [0.5, 0.6) is 0 Å². The summed E-state index contributed by atoms with van der Waals surface area (Å²) in [6.45, 7) is 0. The summed E-state index contributed by atoms with van der Waals surface area (Å²) in [5.74, 6) is 0.163. The first-order chi connectivity index (χ1) is 11.3. The van der Waals surface area contributed by atoms with Gasteiger partial charge in [-0.15, -0.1) is 11.3 Å². The van der Waals surface area contributed by atoms with E-state index < -0.39 is 0 Å². The Labute approximate surface area is 137 Å². The van der Waals surface area contributed by atoms with Crippen LogP contribution < -0.4 is 0 Å². The summed E-state index contributed by atoms with van der Waals surface area (Å²) in [4.78, 5) is 25.7. The van der Waals surface area contributed by atoms with Gasteiger partial charge in [0, 0.05) is 24.4 Å². The average molecular weight is 319 g/mol. The number of ketones is 1. The number of carbonyl (C=O) groups is 2. The summed E-state index contributed by atoms with van der Waals surface area (Å²) in [5, 5.41) is 1.96. The first kappa shape index (κ1) is 13.9. The molecule has 1 aliphatic carbocycles. The summed E-state index contributed by atoms with van der Waals surface area (Å²) in [6, 6.07) is 10.0. The van der Waals surface area contributed by atoms with Crippen molar-refractivity contribution >= 4 is 29.1 Å². The molecule has 2 aromatic rings. The zero-order valence-corrected chi connectivity index (χ0v) is 13.0. The standard InChI is InChI=1S/C19H13NO2S/c21-12-20-8-5-13(6-9-20)18-15-4-2-1-3-14(15)11-17(22)19-16(18)7-10-23-19/h1-10,12H,11H2. The second kappa shape index (κ2) is 5.48. The third-order valence-electron chi connectivity index (χ3n) is 4.09. The number of rotatable bonds is 1. The lowest BCUT2D eigenvalue weighted by molar-refractivity contribution is -0.114. The van der Waals surface area contributed by atoms with Gasteiger partial charge in [0.2, 0.25) is 6.41 Å². The van der Waals surface area contributed by atoms with Gasteiger partial charge in [0.1, 0.15) is 0 Å². The van der Waals surface area contributed by atoms with Crippen LogP contribution >= 0.6 is 11.3 Å². The quantitative estimate of drug-likeness (QED) is 0.750. The Balaban J connectivity index is 2.00. The van der Waals surface area contributed by atoms with Crippen molar-refractivity contribution in [1.82, 2.24) is 4.90 Å². The molecule has 1 aromatic heterocycles. The molecule has 2 heterocycles. The Morgan fingerprint density at radius 2 is 1.83 bits per heavy atom. The number of Topliss-reactive ketones (excluding diaryl/α,β-unsaturated/α-hetero) is 1. The second-order valence-electron chi connectivity index (χ2n) is 5.43. The molecular formula is C19H13NO2S. The molecule has 0 N–H and O–H groups in total. The van der Waals surface area contributed by atoms with E-state index in [2.05, 4.69) is 6.07 Å². The number of carbonyl (C=O) groups excluding carboxylic acids is 2. The number of thiophene rings is 1. The van der Waals surface area contributed by atoms with E-state index in [1.54, 1.807) is 12.4 Å². The van der Waals surface area contributed by atoms with Crippen molar-refractivity contribution < 1.29 is 9.59 Å². The van der Waals surface area contributed by atoms with Crippen LogP contribution in [0.2, 0.25) is 0 Å². The molecule has 0 fully saturated rings. The number of amides is 1. The van der Waals surface area contributed by atoms with Gasteiger partial charge < -0.3 is 0 Å². The highest BCUT2D eigenvalue weighted by Gasteiger charge is 2.25. The monoisotopic (exact) mass is 319 g/mol. The fraction of sp³-hybridized carbons (Fsp3) is 0.0526. The molecule has 1 amide bonds. The van der Waals surface area contributed by atoms with Crippen molar-refractivity contribution in [2.75, 3.05) is 0 Å². The fourth-order valence-electron chi connectivity index (χ4n) is 3.02. The number of benzene rings is 1. The number of hydrogen-bond donors (Lipinski definition) is 0. The highest BCUT2D eigenvalue weighted by atomic mass is 32.1. The van der Waals surface area contributed by atoms with Gasteiger partial charge >= 0.3 is 0 Å². The smallest absolute Gasteiger partial charge is 0.217 e. The van der Waals surface area contributed by atoms with Gasteiger partial charge in [-0.2, -0.15) is 0 Å². The van der Waals surface area contributed by atoms with E-state index in [1.165, 1.54) is 16.2 Å². The van der Waals surface area contributed by atoms with Crippen LogP contribution in [0.4, 0.5) is 0 Å². The maximum absolute atomic E-state index is 12.6. The molecule has 0 atom stereocenters. The van der Waals surface area contributed by atoms with Crippen LogP contribution in [-0.2, 0) is 11.2 Å². The predicted octanol–water partition coefficient (Wildman–Crippen LogP) is 3.79. The van der Waals surface area contributed by atoms with E-state index in [4.69, 9.17) is 0 Å². The lowest BCUT2D eigenvalue weighted by Gasteiger charge is -2.16. The lowest BCUT2D eigenvalue weighted by Crippen LogP contribution is -2.09. The second-order valence-corrected chi connectivity index (χ2v) is 6.35. The van der Waals surface area contributed by atoms with E-state index >= 15 is 0 Å². The molecule has 1 aliphatic heterocycles. The Bertz CT molecular complexity index is 886. The number of fused-ring (bicyclic) bond motifs is 2. The third kappa shape index (κ3) is 2.28. The van der Waals surface area contributed by atoms with Crippen molar-refractivity contribution in [3.05, 3.63) is 87.4 Å². The topological polar surface area (TPSA) is 37.4 Å². The molecule has 23 heavy (non-hydrogen) atoms. The molecular weight excluding hydrogens is 306 g/mol. The van der Waals surface area contributed by atoms with E-state index in [9.17, 15) is 9.59 Å². The molecule has 1 aromatic carbocycles. The van der Waals surface area contributed by atoms with Crippen molar-refractivity contribution in [3.63, 3.8) is 0 Å². The fourth-order valence-corrected chi connectivity index (χ4v) is 3.87. The number of hydrogen-bond acceptors (Lipinski definition) is 3. The first-order valence-corrected chi connectivity index (χ1v) is 8.18. The van der Waals surface area contributed by atoms with E-state index in [0.29, 0.717) is 6.42 Å².